The number of nitrogens with zero attached hydrogens (tertiary/aromatic N) is 2. The molecular weight excluding hydrogens is 410 g/mol. The number of carbonyl (C=O) groups is 1. The largest absolute Gasteiger partial charge is 0.389 e. The highest BCUT2D eigenvalue weighted by Gasteiger charge is 2.57. The van der Waals surface area contributed by atoms with Crippen LogP contribution in [0.3, 0.4) is 0 Å². The molecule has 2 aliphatic heterocycles. The Morgan fingerprint density at radius 3 is 2.74 bits per heavy atom. The van der Waals surface area contributed by atoms with E-state index in [-0.39, 0.29) is 29.1 Å². The zero-order chi connectivity index (χ0) is 22.2. The summed E-state index contributed by atoms with van der Waals surface area (Å²) >= 11 is 0. The number of ketones is 1. The van der Waals surface area contributed by atoms with E-state index < -0.39 is 24.2 Å². The second-order valence-electron chi connectivity index (χ2n) is 9.70. The topological polar surface area (TPSA) is 53.8 Å². The van der Waals surface area contributed by atoms with E-state index in [0.29, 0.717) is 48.0 Å². The lowest BCUT2D eigenvalue weighted by Gasteiger charge is -2.47. The third-order valence-electron chi connectivity index (χ3n) is 6.92. The number of azo groups is 1. The first-order valence-corrected chi connectivity index (χ1v) is 10.5. The SMILES string of the molecule is CC1(C)CC(=O)C2=C(C1)NC1N=NC(CCC(F)(F)F)=C1[C@]21CCc2c(F)cccc21. The van der Waals surface area contributed by atoms with Gasteiger partial charge < -0.3 is 5.32 Å². The van der Waals surface area contributed by atoms with Gasteiger partial charge in [-0.25, -0.2) is 4.39 Å². The van der Waals surface area contributed by atoms with Crippen molar-refractivity contribution in [3.05, 3.63) is 57.7 Å². The minimum absolute atomic E-state index is 0.0381. The van der Waals surface area contributed by atoms with E-state index in [0.717, 1.165) is 5.70 Å². The quantitative estimate of drug-likeness (QED) is 0.614. The summed E-state index contributed by atoms with van der Waals surface area (Å²) in [6.07, 6.45) is -4.47. The van der Waals surface area contributed by atoms with Crippen molar-refractivity contribution in [1.82, 2.24) is 5.32 Å². The van der Waals surface area contributed by atoms with Gasteiger partial charge in [0.25, 0.3) is 0 Å². The number of hydrogen-bond donors (Lipinski definition) is 1. The van der Waals surface area contributed by atoms with Crippen LogP contribution in [0.15, 0.2) is 51.0 Å². The highest BCUT2D eigenvalue weighted by atomic mass is 19.4. The lowest BCUT2D eigenvalue weighted by Crippen LogP contribution is -2.51. The summed E-state index contributed by atoms with van der Waals surface area (Å²) in [7, 11) is 0. The lowest BCUT2D eigenvalue weighted by atomic mass is 9.59. The Morgan fingerprint density at radius 2 is 2.00 bits per heavy atom. The molecule has 0 amide bonds. The van der Waals surface area contributed by atoms with Gasteiger partial charge in [0, 0.05) is 36.1 Å². The average molecular weight is 433 g/mol. The number of alkyl halides is 3. The Kier molecular flexibility index (Phi) is 4.27. The Balaban J connectivity index is 1.75. The molecule has 0 radical (unpaired) electrons. The third kappa shape index (κ3) is 3.05. The minimum Gasteiger partial charge on any atom is -0.362 e. The molecule has 1 unspecified atom stereocenters. The number of rotatable bonds is 2. The van der Waals surface area contributed by atoms with Crippen molar-refractivity contribution >= 4 is 5.78 Å². The van der Waals surface area contributed by atoms with E-state index in [9.17, 15) is 22.4 Å². The Morgan fingerprint density at radius 1 is 1.23 bits per heavy atom. The van der Waals surface area contributed by atoms with Gasteiger partial charge in [-0.3, -0.25) is 4.79 Å². The van der Waals surface area contributed by atoms with Crippen LogP contribution in [0.5, 0.6) is 0 Å². The monoisotopic (exact) mass is 433 g/mol. The van der Waals surface area contributed by atoms with Gasteiger partial charge in [-0.05, 0) is 41.9 Å². The van der Waals surface area contributed by atoms with Crippen molar-refractivity contribution in [3.8, 4) is 0 Å². The van der Waals surface area contributed by atoms with E-state index in [1.165, 1.54) is 6.07 Å². The number of fused-ring (bicyclic) bond motifs is 5. The predicted molar refractivity (Wildman–Crippen MR) is 106 cm³/mol. The van der Waals surface area contributed by atoms with Crippen LogP contribution in [0, 0.1) is 11.2 Å². The van der Waals surface area contributed by atoms with Crippen molar-refractivity contribution in [2.24, 2.45) is 15.6 Å². The summed E-state index contributed by atoms with van der Waals surface area (Å²) in [5.41, 5.74) is 2.17. The van der Waals surface area contributed by atoms with Gasteiger partial charge in [-0.15, -0.1) is 0 Å². The fraction of sp³-hybridized carbons (Fsp3) is 0.522. The van der Waals surface area contributed by atoms with Crippen LogP contribution in [0.4, 0.5) is 17.6 Å². The molecule has 2 heterocycles. The fourth-order valence-electron chi connectivity index (χ4n) is 5.86. The second-order valence-corrected chi connectivity index (χ2v) is 9.70. The second kappa shape index (κ2) is 6.50. The molecule has 2 atom stereocenters. The van der Waals surface area contributed by atoms with Crippen molar-refractivity contribution < 1.29 is 22.4 Å². The first kappa shape index (κ1) is 20.4. The molecule has 1 spiro atoms. The van der Waals surface area contributed by atoms with E-state index in [1.807, 2.05) is 13.8 Å². The van der Waals surface area contributed by atoms with Gasteiger partial charge >= 0.3 is 6.18 Å². The number of hydrogen-bond acceptors (Lipinski definition) is 4. The van der Waals surface area contributed by atoms with Crippen LogP contribution in [-0.2, 0) is 16.6 Å². The molecule has 0 bridgehead atoms. The van der Waals surface area contributed by atoms with Gasteiger partial charge in [0.15, 0.2) is 11.9 Å². The summed E-state index contributed by atoms with van der Waals surface area (Å²) in [6, 6.07) is 4.80. The molecule has 31 heavy (non-hydrogen) atoms. The molecule has 1 aromatic rings. The van der Waals surface area contributed by atoms with Crippen LogP contribution < -0.4 is 5.32 Å². The Labute approximate surface area is 177 Å². The number of allylic oxidation sites excluding steroid dienone is 3. The smallest absolute Gasteiger partial charge is 0.362 e. The number of benzene rings is 1. The average Bonchev–Trinajstić information content (AvgIpc) is 3.22. The summed E-state index contributed by atoms with van der Waals surface area (Å²) in [4.78, 5) is 13.5. The van der Waals surface area contributed by atoms with Crippen molar-refractivity contribution in [2.45, 2.75) is 70.1 Å². The maximum Gasteiger partial charge on any atom is 0.389 e. The standard InChI is InChI=1S/C23H23F4N3O/c1-21(2)10-16-18(17(31)11-21)22(8-6-12-13(22)4-3-5-14(12)24)19-15(7-9-23(25,26)27)29-30-20(19)28-16/h3-5,20,28H,6-11H2,1-2H3/t20?,22-/m0/s1. The molecule has 164 valence electrons. The maximum absolute atomic E-state index is 14.7. The van der Waals surface area contributed by atoms with E-state index >= 15 is 0 Å². The van der Waals surface area contributed by atoms with Crippen LogP contribution in [0.2, 0.25) is 0 Å². The Hall–Kier alpha value is -2.51. The van der Waals surface area contributed by atoms with Gasteiger partial charge in [0.05, 0.1) is 11.1 Å². The molecule has 4 aliphatic rings. The molecular formula is C23H23F4N3O. The van der Waals surface area contributed by atoms with E-state index in [1.54, 1.807) is 12.1 Å². The van der Waals surface area contributed by atoms with Crippen LogP contribution in [0.25, 0.3) is 0 Å². The lowest BCUT2D eigenvalue weighted by molar-refractivity contribution is -0.134. The van der Waals surface area contributed by atoms with Crippen LogP contribution in [-0.4, -0.2) is 18.1 Å². The maximum atomic E-state index is 14.7. The normalized spacial score (nSPS) is 28.7. The molecule has 0 aromatic heterocycles. The molecule has 1 N–H and O–H groups in total. The highest BCUT2D eigenvalue weighted by Crippen LogP contribution is 2.59. The highest BCUT2D eigenvalue weighted by molar-refractivity contribution is 6.02. The molecule has 0 saturated heterocycles. The molecule has 5 rings (SSSR count). The van der Waals surface area contributed by atoms with Crippen molar-refractivity contribution in [2.75, 3.05) is 0 Å². The number of Topliss-reactive ketones (excluding diaryl/α,β-unsaturated/α-hetero) is 1. The molecule has 1 aromatic carbocycles. The van der Waals surface area contributed by atoms with Crippen LogP contribution >= 0.6 is 0 Å². The fourth-order valence-corrected chi connectivity index (χ4v) is 5.86. The van der Waals surface area contributed by atoms with Crippen molar-refractivity contribution in [3.63, 3.8) is 0 Å². The molecule has 0 fully saturated rings. The number of carbonyl (C=O) groups excluding carboxylic acids is 1. The summed E-state index contributed by atoms with van der Waals surface area (Å²) in [5.74, 6) is -0.386. The minimum atomic E-state index is -4.33. The Bertz CT molecular complexity index is 1080. The van der Waals surface area contributed by atoms with Crippen molar-refractivity contribution in [1.29, 1.82) is 0 Å². The predicted octanol–water partition coefficient (Wildman–Crippen LogP) is 5.64. The summed E-state index contributed by atoms with van der Waals surface area (Å²) in [6.45, 7) is 4.03. The first-order chi connectivity index (χ1) is 14.5. The molecule has 8 heteroatoms. The number of nitrogens with one attached hydrogen (secondary N) is 1. The molecule has 4 nitrogen and oxygen atoms in total. The van der Waals surface area contributed by atoms with Crippen LogP contribution in [0.1, 0.15) is 57.1 Å². The van der Waals surface area contributed by atoms with Gasteiger partial charge in [-0.1, -0.05) is 26.0 Å². The van der Waals surface area contributed by atoms with Gasteiger partial charge in [0.1, 0.15) is 5.82 Å². The number of halogens is 4. The zero-order valence-corrected chi connectivity index (χ0v) is 17.4. The summed E-state index contributed by atoms with van der Waals surface area (Å²) < 4.78 is 53.6. The van der Waals surface area contributed by atoms with Gasteiger partial charge in [-0.2, -0.15) is 23.4 Å². The molecule has 0 saturated carbocycles. The third-order valence-corrected chi connectivity index (χ3v) is 6.92. The van der Waals surface area contributed by atoms with E-state index in [4.69, 9.17) is 0 Å². The first-order valence-electron chi connectivity index (χ1n) is 10.5. The van der Waals surface area contributed by atoms with E-state index in [2.05, 4.69) is 15.5 Å². The summed E-state index contributed by atoms with van der Waals surface area (Å²) in [5, 5.41) is 11.7. The zero-order valence-electron chi connectivity index (χ0n) is 17.4. The van der Waals surface area contributed by atoms with Gasteiger partial charge in [0.2, 0.25) is 0 Å². The molecule has 2 aliphatic carbocycles.